The fourth-order valence-corrected chi connectivity index (χ4v) is 4.03. The molecule has 2 aromatic rings. The lowest BCUT2D eigenvalue weighted by molar-refractivity contribution is -0.149. The molecule has 9 heteroatoms. The van der Waals surface area contributed by atoms with Crippen molar-refractivity contribution in [3.8, 4) is 0 Å². The van der Waals surface area contributed by atoms with Crippen molar-refractivity contribution in [2.24, 2.45) is 0 Å². The SMILES string of the molecule is O=C1NCCc2cc(N3CC[C@@](O)(C(=O)NCc4cc(F)cc(Cl)c4)C3=O)ccc21. The van der Waals surface area contributed by atoms with Crippen LogP contribution in [0, 0.1) is 5.82 Å². The van der Waals surface area contributed by atoms with Crippen LogP contribution >= 0.6 is 11.6 Å². The van der Waals surface area contributed by atoms with Crippen LogP contribution in [0.1, 0.15) is 27.9 Å². The summed E-state index contributed by atoms with van der Waals surface area (Å²) >= 11 is 5.80. The third-order valence-electron chi connectivity index (χ3n) is 5.37. The molecule has 2 heterocycles. The minimum atomic E-state index is -2.22. The van der Waals surface area contributed by atoms with E-state index in [-0.39, 0.29) is 30.4 Å². The van der Waals surface area contributed by atoms with Crippen molar-refractivity contribution >= 4 is 35.0 Å². The molecule has 4 rings (SSSR count). The van der Waals surface area contributed by atoms with Gasteiger partial charge in [-0.15, -0.1) is 0 Å². The molecular formula is C21H19ClFN3O4. The zero-order valence-corrected chi connectivity index (χ0v) is 16.6. The molecule has 1 saturated heterocycles. The number of hydrogen-bond donors (Lipinski definition) is 3. The fraction of sp³-hybridized carbons (Fsp3) is 0.286. The number of hydrogen-bond acceptors (Lipinski definition) is 4. The second kappa shape index (κ2) is 7.70. The van der Waals surface area contributed by atoms with Gasteiger partial charge in [-0.1, -0.05) is 11.6 Å². The van der Waals surface area contributed by atoms with Gasteiger partial charge in [0.2, 0.25) is 5.60 Å². The highest BCUT2D eigenvalue weighted by molar-refractivity contribution is 6.30. The summed E-state index contributed by atoms with van der Waals surface area (Å²) in [7, 11) is 0. The predicted octanol–water partition coefficient (Wildman–Crippen LogP) is 1.55. The molecule has 1 atom stereocenters. The standard InChI is InChI=1S/C21H19ClFN3O4/c22-14-7-12(8-15(23)10-14)11-25-19(28)21(30)4-6-26(20(21)29)16-1-2-17-13(9-16)3-5-24-18(17)27/h1-2,7-10,30H,3-6,11H2,(H,24,27)(H,25,28)/t21-/m1/s1. The summed E-state index contributed by atoms with van der Waals surface area (Å²) in [6.07, 6.45) is 0.553. The van der Waals surface area contributed by atoms with E-state index in [1.165, 1.54) is 17.0 Å². The van der Waals surface area contributed by atoms with Gasteiger partial charge >= 0.3 is 0 Å². The number of rotatable bonds is 4. The van der Waals surface area contributed by atoms with Gasteiger partial charge in [-0.3, -0.25) is 14.4 Å². The van der Waals surface area contributed by atoms with Crippen LogP contribution < -0.4 is 15.5 Å². The van der Waals surface area contributed by atoms with Crippen LogP contribution in [0.3, 0.4) is 0 Å². The topological polar surface area (TPSA) is 98.7 Å². The number of nitrogens with one attached hydrogen (secondary N) is 2. The number of amides is 3. The maximum atomic E-state index is 13.4. The number of aliphatic hydroxyl groups is 1. The molecule has 2 aliphatic rings. The van der Waals surface area contributed by atoms with Gasteiger partial charge in [0, 0.05) is 42.3 Å². The van der Waals surface area contributed by atoms with Crippen molar-refractivity contribution in [2.45, 2.75) is 25.0 Å². The Morgan fingerprint density at radius 1 is 1.27 bits per heavy atom. The second-order valence-corrected chi connectivity index (χ2v) is 7.81. The number of fused-ring (bicyclic) bond motifs is 1. The van der Waals surface area contributed by atoms with Crippen molar-refractivity contribution in [2.75, 3.05) is 18.0 Å². The minimum Gasteiger partial charge on any atom is -0.372 e. The summed E-state index contributed by atoms with van der Waals surface area (Å²) in [5.41, 5.74) is 0.0799. The average Bonchev–Trinajstić information content (AvgIpc) is 3.01. The molecule has 7 nitrogen and oxygen atoms in total. The van der Waals surface area contributed by atoms with Crippen molar-refractivity contribution in [1.29, 1.82) is 0 Å². The molecule has 0 spiro atoms. The third kappa shape index (κ3) is 3.64. The number of nitrogens with zero attached hydrogens (tertiary/aromatic N) is 1. The molecule has 2 aromatic carbocycles. The molecule has 3 amide bonds. The van der Waals surface area contributed by atoms with E-state index in [1.807, 2.05) is 0 Å². The minimum absolute atomic E-state index is 0.0835. The van der Waals surface area contributed by atoms with E-state index >= 15 is 0 Å². The quantitative estimate of drug-likeness (QED) is 0.640. The van der Waals surface area contributed by atoms with Gasteiger partial charge in [0.15, 0.2) is 0 Å². The first-order valence-corrected chi connectivity index (χ1v) is 9.84. The Balaban J connectivity index is 1.48. The van der Waals surface area contributed by atoms with Crippen LogP contribution in [0.25, 0.3) is 0 Å². The van der Waals surface area contributed by atoms with Crippen molar-refractivity contribution in [3.63, 3.8) is 0 Å². The summed E-state index contributed by atoms with van der Waals surface area (Å²) in [5.74, 6) is -2.30. The Bertz CT molecular complexity index is 1040. The summed E-state index contributed by atoms with van der Waals surface area (Å²) in [5, 5.41) is 16.2. The third-order valence-corrected chi connectivity index (χ3v) is 5.59. The lowest BCUT2D eigenvalue weighted by Crippen LogP contribution is -2.52. The summed E-state index contributed by atoms with van der Waals surface area (Å²) in [6.45, 7) is 0.582. The van der Waals surface area contributed by atoms with Crippen LogP contribution in [-0.2, 0) is 22.6 Å². The smallest absolute Gasteiger partial charge is 0.268 e. The van der Waals surface area contributed by atoms with E-state index in [9.17, 15) is 23.9 Å². The Morgan fingerprint density at radius 2 is 2.07 bits per heavy atom. The Morgan fingerprint density at radius 3 is 2.83 bits per heavy atom. The molecule has 0 saturated carbocycles. The monoisotopic (exact) mass is 431 g/mol. The van der Waals surface area contributed by atoms with E-state index in [2.05, 4.69) is 10.6 Å². The first-order valence-electron chi connectivity index (χ1n) is 9.47. The number of carbonyl (C=O) groups is 3. The van der Waals surface area contributed by atoms with E-state index < -0.39 is 23.2 Å². The van der Waals surface area contributed by atoms with Gasteiger partial charge in [0.1, 0.15) is 5.82 Å². The number of anilines is 1. The van der Waals surface area contributed by atoms with Gasteiger partial charge in [-0.05, 0) is 53.9 Å². The first kappa shape index (κ1) is 20.3. The summed E-state index contributed by atoms with van der Waals surface area (Å²) in [6, 6.07) is 8.84. The molecule has 1 fully saturated rings. The molecule has 0 unspecified atom stereocenters. The van der Waals surface area contributed by atoms with Crippen LogP contribution in [0.15, 0.2) is 36.4 Å². The molecule has 30 heavy (non-hydrogen) atoms. The lowest BCUT2D eigenvalue weighted by Gasteiger charge is -2.23. The summed E-state index contributed by atoms with van der Waals surface area (Å²) in [4.78, 5) is 38.7. The second-order valence-electron chi connectivity index (χ2n) is 7.37. The number of benzene rings is 2. The van der Waals surface area contributed by atoms with Crippen molar-refractivity contribution < 1.29 is 23.9 Å². The normalized spacial score (nSPS) is 20.7. The number of halogens is 2. The maximum absolute atomic E-state index is 13.4. The Kier molecular flexibility index (Phi) is 5.21. The summed E-state index contributed by atoms with van der Waals surface area (Å²) < 4.78 is 13.4. The molecule has 156 valence electrons. The van der Waals surface area contributed by atoms with Crippen LogP contribution in [0.5, 0.6) is 0 Å². The predicted molar refractivity (Wildman–Crippen MR) is 108 cm³/mol. The largest absolute Gasteiger partial charge is 0.372 e. The van der Waals surface area contributed by atoms with E-state index in [4.69, 9.17) is 11.6 Å². The van der Waals surface area contributed by atoms with Gasteiger partial charge in [-0.2, -0.15) is 0 Å². The average molecular weight is 432 g/mol. The highest BCUT2D eigenvalue weighted by Crippen LogP contribution is 2.31. The zero-order chi connectivity index (χ0) is 21.5. The molecule has 2 aliphatic heterocycles. The molecule has 0 aliphatic carbocycles. The lowest BCUT2D eigenvalue weighted by atomic mass is 9.99. The van der Waals surface area contributed by atoms with Crippen molar-refractivity contribution in [1.82, 2.24) is 10.6 Å². The van der Waals surface area contributed by atoms with Gasteiger partial charge in [0.05, 0.1) is 0 Å². The van der Waals surface area contributed by atoms with Crippen LogP contribution in [0.4, 0.5) is 10.1 Å². The van der Waals surface area contributed by atoms with Gasteiger partial charge in [-0.25, -0.2) is 4.39 Å². The highest BCUT2D eigenvalue weighted by atomic mass is 35.5. The molecule has 0 aromatic heterocycles. The Hall–Kier alpha value is -2.97. The Labute approximate surface area is 176 Å². The van der Waals surface area contributed by atoms with Gasteiger partial charge in [0.25, 0.3) is 17.7 Å². The van der Waals surface area contributed by atoms with E-state index in [1.54, 1.807) is 18.2 Å². The highest BCUT2D eigenvalue weighted by Gasteiger charge is 2.51. The zero-order valence-electron chi connectivity index (χ0n) is 15.9. The molecular weight excluding hydrogens is 413 g/mol. The molecule has 0 bridgehead atoms. The van der Waals surface area contributed by atoms with E-state index in [0.29, 0.717) is 29.8 Å². The van der Waals surface area contributed by atoms with Gasteiger partial charge < -0.3 is 20.6 Å². The van der Waals surface area contributed by atoms with E-state index in [0.717, 1.165) is 11.6 Å². The molecule has 3 N–H and O–H groups in total. The first-order chi connectivity index (χ1) is 14.3. The van der Waals surface area contributed by atoms with Crippen LogP contribution in [0.2, 0.25) is 5.02 Å². The van der Waals surface area contributed by atoms with Crippen molar-refractivity contribution in [3.05, 3.63) is 63.9 Å². The number of carbonyl (C=O) groups excluding carboxylic acids is 3. The maximum Gasteiger partial charge on any atom is 0.268 e. The molecule has 0 radical (unpaired) electrons. The fourth-order valence-electron chi connectivity index (χ4n) is 3.79. The van der Waals surface area contributed by atoms with Crippen LogP contribution in [-0.4, -0.2) is 41.5 Å².